The Balaban J connectivity index is 1.75. The number of quaternary nitrogens is 1. The molecule has 1 fully saturated rings. The Kier molecular flexibility index (Phi) is 6.49. The molecule has 3 rings (SSSR count). The average molecular weight is 392 g/mol. The first-order valence-corrected chi connectivity index (χ1v) is 10.6. The van der Waals surface area contributed by atoms with E-state index in [2.05, 4.69) is 10.8 Å². The highest BCUT2D eigenvalue weighted by Gasteiger charge is 2.21. The number of benzene rings is 2. The summed E-state index contributed by atoms with van der Waals surface area (Å²) in [6, 6.07) is 13.1. The summed E-state index contributed by atoms with van der Waals surface area (Å²) in [6.07, 6.45) is 0. The average Bonchev–Trinajstić information content (AvgIpc) is 2.68. The molecule has 2 N–H and O–H groups in total. The largest absolute Gasteiger partial charge is 0.495 e. The molecule has 1 aliphatic heterocycles. The highest BCUT2D eigenvalue weighted by molar-refractivity contribution is 7.89. The fourth-order valence-corrected chi connectivity index (χ4v) is 4.51. The molecule has 1 aliphatic rings. The van der Waals surface area contributed by atoms with Crippen LogP contribution in [0.2, 0.25) is 0 Å². The Morgan fingerprint density at radius 3 is 2.52 bits per heavy atom. The number of methoxy groups -OCH3 is 1. The first-order valence-electron chi connectivity index (χ1n) is 9.12. The van der Waals surface area contributed by atoms with Crippen LogP contribution in [-0.4, -0.2) is 41.8 Å². The monoisotopic (exact) mass is 391 g/mol. The van der Waals surface area contributed by atoms with E-state index in [0.29, 0.717) is 5.75 Å². The van der Waals surface area contributed by atoms with Gasteiger partial charge in [-0.25, -0.2) is 13.1 Å². The molecule has 6 nitrogen and oxygen atoms in total. The van der Waals surface area contributed by atoms with Crippen molar-refractivity contribution in [3.63, 3.8) is 0 Å². The molecule has 0 bridgehead atoms. The quantitative estimate of drug-likeness (QED) is 0.736. The lowest BCUT2D eigenvalue weighted by molar-refractivity contribution is -0.921. The van der Waals surface area contributed by atoms with Crippen molar-refractivity contribution in [2.45, 2.75) is 24.9 Å². The van der Waals surface area contributed by atoms with Crippen LogP contribution in [0.15, 0.2) is 47.4 Å². The van der Waals surface area contributed by atoms with Crippen LogP contribution in [0.5, 0.6) is 5.75 Å². The SMILES string of the molecule is COc1ccc(C)cc1S(=O)(=O)NCc1ccccc1C[NH+]1CCOCC1. The van der Waals surface area contributed by atoms with E-state index in [-0.39, 0.29) is 11.4 Å². The predicted octanol–water partition coefficient (Wildman–Crippen LogP) is 0.897. The standard InChI is InChI=1S/C20H26N2O4S/c1-16-7-8-19(25-2)20(13-16)27(23,24)21-14-17-5-3-4-6-18(17)15-22-9-11-26-12-10-22/h3-8,13,21H,9-12,14-15H2,1-2H3/p+1. The van der Waals surface area contributed by atoms with Crippen molar-refractivity contribution in [1.82, 2.24) is 4.72 Å². The molecule has 7 heteroatoms. The van der Waals surface area contributed by atoms with Gasteiger partial charge in [-0.3, -0.25) is 0 Å². The Morgan fingerprint density at radius 2 is 1.81 bits per heavy atom. The number of sulfonamides is 1. The molecule has 2 aromatic rings. The van der Waals surface area contributed by atoms with Crippen molar-refractivity contribution in [2.24, 2.45) is 0 Å². The molecule has 0 amide bonds. The van der Waals surface area contributed by atoms with E-state index < -0.39 is 10.0 Å². The van der Waals surface area contributed by atoms with Gasteiger partial charge in [-0.2, -0.15) is 0 Å². The molecule has 0 spiro atoms. The summed E-state index contributed by atoms with van der Waals surface area (Å²) in [5.74, 6) is 0.346. The molecule has 146 valence electrons. The van der Waals surface area contributed by atoms with Crippen LogP contribution in [0.3, 0.4) is 0 Å². The number of morpholine rings is 1. The maximum Gasteiger partial charge on any atom is 0.244 e. The second kappa shape index (κ2) is 8.84. The van der Waals surface area contributed by atoms with E-state index in [1.54, 1.807) is 12.1 Å². The van der Waals surface area contributed by atoms with Crippen LogP contribution in [0.25, 0.3) is 0 Å². The van der Waals surface area contributed by atoms with Gasteiger partial charge in [0, 0.05) is 12.1 Å². The number of hydrogen-bond donors (Lipinski definition) is 2. The summed E-state index contributed by atoms with van der Waals surface area (Å²) >= 11 is 0. The van der Waals surface area contributed by atoms with Crippen molar-refractivity contribution in [1.29, 1.82) is 0 Å². The smallest absolute Gasteiger partial charge is 0.244 e. The third-order valence-corrected chi connectivity index (χ3v) is 6.24. The van der Waals surface area contributed by atoms with Crippen molar-refractivity contribution < 1.29 is 22.8 Å². The summed E-state index contributed by atoms with van der Waals surface area (Å²) in [5, 5.41) is 0. The minimum Gasteiger partial charge on any atom is -0.495 e. The van der Waals surface area contributed by atoms with Crippen molar-refractivity contribution in [3.05, 3.63) is 59.2 Å². The number of rotatable bonds is 7. The van der Waals surface area contributed by atoms with Gasteiger partial charge < -0.3 is 14.4 Å². The Hall–Kier alpha value is -1.93. The van der Waals surface area contributed by atoms with Crippen molar-refractivity contribution >= 4 is 10.0 Å². The van der Waals surface area contributed by atoms with E-state index in [1.165, 1.54) is 12.0 Å². The molecule has 0 unspecified atom stereocenters. The van der Waals surface area contributed by atoms with Crippen LogP contribution in [-0.2, 0) is 27.8 Å². The topological polar surface area (TPSA) is 69.1 Å². The molecule has 1 heterocycles. The first kappa shape index (κ1) is 19.8. The van der Waals surface area contributed by atoms with Gasteiger partial charge in [0.05, 0.1) is 20.3 Å². The summed E-state index contributed by atoms with van der Waals surface area (Å²) in [7, 11) is -2.20. The lowest BCUT2D eigenvalue weighted by Crippen LogP contribution is -3.12. The van der Waals surface area contributed by atoms with E-state index in [1.807, 2.05) is 31.2 Å². The normalized spacial score (nSPS) is 15.6. The zero-order chi connectivity index (χ0) is 19.3. The van der Waals surface area contributed by atoms with E-state index >= 15 is 0 Å². The molecule has 0 radical (unpaired) electrons. The molecular formula is C20H27N2O4S+. The molecular weight excluding hydrogens is 364 g/mol. The molecule has 0 atom stereocenters. The molecule has 0 saturated carbocycles. The fourth-order valence-electron chi connectivity index (χ4n) is 3.25. The van der Waals surface area contributed by atoms with Crippen LogP contribution >= 0.6 is 0 Å². The number of hydrogen-bond acceptors (Lipinski definition) is 4. The fraction of sp³-hybridized carbons (Fsp3) is 0.400. The highest BCUT2D eigenvalue weighted by Crippen LogP contribution is 2.24. The number of nitrogens with one attached hydrogen (secondary N) is 2. The Bertz CT molecular complexity index is 877. The van der Waals surface area contributed by atoms with E-state index in [0.717, 1.165) is 49.5 Å². The first-order chi connectivity index (χ1) is 13.0. The predicted molar refractivity (Wildman–Crippen MR) is 103 cm³/mol. The van der Waals surface area contributed by atoms with E-state index in [4.69, 9.17) is 9.47 Å². The molecule has 1 saturated heterocycles. The van der Waals surface area contributed by atoms with Gasteiger partial charge in [-0.05, 0) is 30.2 Å². The minimum atomic E-state index is -3.68. The zero-order valence-electron chi connectivity index (χ0n) is 15.8. The second-order valence-electron chi connectivity index (χ2n) is 6.79. The summed E-state index contributed by atoms with van der Waals surface area (Å²) in [5.41, 5.74) is 3.02. The maximum absolute atomic E-state index is 12.8. The van der Waals surface area contributed by atoms with Crippen LogP contribution in [0.4, 0.5) is 0 Å². The number of aryl methyl sites for hydroxylation is 1. The van der Waals surface area contributed by atoms with E-state index in [9.17, 15) is 8.42 Å². The third-order valence-electron chi connectivity index (χ3n) is 4.82. The number of ether oxygens (including phenoxy) is 2. The Morgan fingerprint density at radius 1 is 1.11 bits per heavy atom. The Labute approximate surface area is 161 Å². The highest BCUT2D eigenvalue weighted by atomic mass is 32.2. The van der Waals surface area contributed by atoms with Crippen LogP contribution < -0.4 is 14.4 Å². The molecule has 0 aliphatic carbocycles. The molecule has 27 heavy (non-hydrogen) atoms. The maximum atomic E-state index is 12.8. The van der Waals surface area contributed by atoms with Crippen LogP contribution in [0, 0.1) is 6.92 Å². The van der Waals surface area contributed by atoms with Gasteiger partial charge in [-0.1, -0.05) is 30.3 Å². The van der Waals surface area contributed by atoms with Gasteiger partial charge >= 0.3 is 0 Å². The second-order valence-corrected chi connectivity index (χ2v) is 8.52. The van der Waals surface area contributed by atoms with Gasteiger partial charge in [0.25, 0.3) is 0 Å². The van der Waals surface area contributed by atoms with Gasteiger partial charge in [0.2, 0.25) is 10.0 Å². The van der Waals surface area contributed by atoms with Gasteiger partial charge in [-0.15, -0.1) is 0 Å². The van der Waals surface area contributed by atoms with Crippen LogP contribution in [0.1, 0.15) is 16.7 Å². The zero-order valence-corrected chi connectivity index (χ0v) is 16.6. The summed E-state index contributed by atoms with van der Waals surface area (Å²) < 4.78 is 39.0. The molecule has 2 aromatic carbocycles. The van der Waals surface area contributed by atoms with Gasteiger partial charge in [0.1, 0.15) is 30.3 Å². The lowest BCUT2D eigenvalue weighted by Gasteiger charge is -2.24. The third kappa shape index (κ3) is 5.07. The van der Waals surface area contributed by atoms with Gasteiger partial charge in [0.15, 0.2) is 0 Å². The lowest BCUT2D eigenvalue weighted by atomic mass is 10.1. The van der Waals surface area contributed by atoms with Crippen molar-refractivity contribution in [2.75, 3.05) is 33.4 Å². The summed E-state index contributed by atoms with van der Waals surface area (Å²) in [6.45, 7) is 6.48. The summed E-state index contributed by atoms with van der Waals surface area (Å²) in [4.78, 5) is 1.62. The minimum absolute atomic E-state index is 0.168. The molecule has 0 aromatic heterocycles. The van der Waals surface area contributed by atoms with Crippen molar-refractivity contribution in [3.8, 4) is 5.75 Å².